The van der Waals surface area contributed by atoms with E-state index in [4.69, 9.17) is 4.74 Å². The second-order valence-corrected chi connectivity index (χ2v) is 6.27. The molecule has 0 bridgehead atoms. The third-order valence-electron chi connectivity index (χ3n) is 3.87. The van der Waals surface area contributed by atoms with Gasteiger partial charge >= 0.3 is 6.09 Å². The fourth-order valence-electron chi connectivity index (χ4n) is 2.47. The summed E-state index contributed by atoms with van der Waals surface area (Å²) in [5.74, 6) is 0.0161. The van der Waals surface area contributed by atoms with Crippen LogP contribution in [0.4, 0.5) is 14.9 Å². The summed E-state index contributed by atoms with van der Waals surface area (Å²) >= 11 is 0. The number of benzene rings is 2. The van der Waals surface area contributed by atoms with E-state index in [9.17, 15) is 14.0 Å². The summed E-state index contributed by atoms with van der Waals surface area (Å²) in [6, 6.07) is 12.4. The monoisotopic (exact) mass is 374 g/mol. The predicted molar refractivity (Wildman–Crippen MR) is 100 cm³/mol. The van der Waals surface area contributed by atoms with Gasteiger partial charge in [0.15, 0.2) is 6.61 Å². The summed E-state index contributed by atoms with van der Waals surface area (Å²) in [6.07, 6.45) is -0.566. The first-order valence-electron chi connectivity index (χ1n) is 8.51. The van der Waals surface area contributed by atoms with E-state index < -0.39 is 6.09 Å². The zero-order chi connectivity index (χ0) is 19.8. The number of methoxy groups -OCH3 is 1. The lowest BCUT2D eigenvalue weighted by atomic mass is 9.96. The van der Waals surface area contributed by atoms with Gasteiger partial charge in [-0.2, -0.15) is 0 Å². The van der Waals surface area contributed by atoms with Crippen LogP contribution in [0.3, 0.4) is 0 Å². The van der Waals surface area contributed by atoms with Crippen molar-refractivity contribution in [1.29, 1.82) is 0 Å². The second kappa shape index (κ2) is 9.56. The number of hydrogen-bond donors (Lipinski definition) is 2. The van der Waals surface area contributed by atoms with Gasteiger partial charge in [0.25, 0.3) is 5.91 Å². The second-order valence-electron chi connectivity index (χ2n) is 6.27. The molecule has 2 N–H and O–H groups in total. The molecule has 2 aromatic carbocycles. The van der Waals surface area contributed by atoms with Crippen LogP contribution in [0.2, 0.25) is 0 Å². The van der Waals surface area contributed by atoms with Crippen LogP contribution in [-0.4, -0.2) is 25.7 Å². The molecular formula is C20H23FN2O4. The molecule has 6 nitrogen and oxygen atoms in total. The minimum atomic E-state index is -0.566. The van der Waals surface area contributed by atoms with Gasteiger partial charge in [0.2, 0.25) is 0 Å². The highest BCUT2D eigenvalue weighted by molar-refractivity contribution is 5.84. The van der Waals surface area contributed by atoms with Crippen molar-refractivity contribution < 1.29 is 23.5 Å². The van der Waals surface area contributed by atoms with Crippen LogP contribution in [0.25, 0.3) is 0 Å². The van der Waals surface area contributed by atoms with Gasteiger partial charge < -0.3 is 14.8 Å². The van der Waals surface area contributed by atoms with Gasteiger partial charge in [-0.15, -0.1) is 0 Å². The van der Waals surface area contributed by atoms with Crippen molar-refractivity contribution in [1.82, 2.24) is 5.32 Å². The lowest BCUT2D eigenvalue weighted by molar-refractivity contribution is -0.124. The highest BCUT2D eigenvalue weighted by Gasteiger charge is 2.18. The summed E-state index contributed by atoms with van der Waals surface area (Å²) in [4.78, 5) is 23.4. The molecule has 0 aromatic heterocycles. The number of carbonyl (C=O) groups excluding carboxylic acids is 2. The number of nitrogens with one attached hydrogen (secondary N) is 2. The first kappa shape index (κ1) is 20.2. The van der Waals surface area contributed by atoms with Crippen molar-refractivity contribution in [3.63, 3.8) is 0 Å². The van der Waals surface area contributed by atoms with Crippen molar-refractivity contribution >= 4 is 17.7 Å². The van der Waals surface area contributed by atoms with E-state index in [1.165, 1.54) is 19.2 Å². The number of amides is 2. The zero-order valence-corrected chi connectivity index (χ0v) is 15.5. The van der Waals surface area contributed by atoms with Gasteiger partial charge in [-0.3, -0.25) is 10.1 Å². The fourth-order valence-corrected chi connectivity index (χ4v) is 2.47. The van der Waals surface area contributed by atoms with E-state index >= 15 is 0 Å². The zero-order valence-electron chi connectivity index (χ0n) is 15.5. The molecule has 0 aliphatic rings. The Morgan fingerprint density at radius 2 is 1.67 bits per heavy atom. The maximum absolute atomic E-state index is 13.1. The number of anilines is 1. The van der Waals surface area contributed by atoms with Crippen molar-refractivity contribution in [3.8, 4) is 5.75 Å². The molecule has 2 rings (SSSR count). The number of ether oxygens (including phenoxy) is 2. The molecule has 144 valence electrons. The Morgan fingerprint density at radius 1 is 1.04 bits per heavy atom. The van der Waals surface area contributed by atoms with Crippen LogP contribution in [0.1, 0.15) is 25.5 Å². The summed E-state index contributed by atoms with van der Waals surface area (Å²) in [7, 11) is 1.28. The quantitative estimate of drug-likeness (QED) is 0.771. The van der Waals surface area contributed by atoms with Gasteiger partial charge in [0.05, 0.1) is 13.2 Å². The molecule has 7 heteroatoms. The Bertz CT molecular complexity index is 761. The number of rotatable bonds is 7. The minimum Gasteiger partial charge on any atom is -0.484 e. The first-order chi connectivity index (χ1) is 12.9. The van der Waals surface area contributed by atoms with Gasteiger partial charge in [0.1, 0.15) is 11.6 Å². The predicted octanol–water partition coefficient (Wildman–Crippen LogP) is 3.90. The van der Waals surface area contributed by atoms with Crippen LogP contribution < -0.4 is 15.4 Å². The normalized spacial score (nSPS) is 11.6. The van der Waals surface area contributed by atoms with E-state index in [0.29, 0.717) is 11.4 Å². The Balaban J connectivity index is 1.90. The van der Waals surface area contributed by atoms with E-state index in [0.717, 1.165) is 5.56 Å². The largest absolute Gasteiger partial charge is 0.484 e. The molecule has 0 saturated heterocycles. The molecule has 0 spiro atoms. The van der Waals surface area contributed by atoms with Crippen LogP contribution in [0, 0.1) is 11.7 Å². The Morgan fingerprint density at radius 3 is 2.22 bits per heavy atom. The van der Waals surface area contributed by atoms with Crippen molar-refractivity contribution in [2.45, 2.75) is 19.9 Å². The van der Waals surface area contributed by atoms with E-state index in [2.05, 4.69) is 15.4 Å². The molecule has 27 heavy (non-hydrogen) atoms. The molecule has 0 fully saturated rings. The number of carbonyl (C=O) groups is 2. The molecule has 1 atom stereocenters. The molecule has 0 radical (unpaired) electrons. The molecule has 0 aliphatic heterocycles. The topological polar surface area (TPSA) is 76.7 Å². The first-order valence-corrected chi connectivity index (χ1v) is 8.51. The Labute approximate surface area is 157 Å². The summed E-state index contributed by atoms with van der Waals surface area (Å²) in [6.45, 7) is 3.79. The summed E-state index contributed by atoms with van der Waals surface area (Å²) in [5.41, 5.74) is 1.38. The van der Waals surface area contributed by atoms with E-state index in [1.54, 1.807) is 36.4 Å². The molecule has 0 heterocycles. The van der Waals surface area contributed by atoms with E-state index in [1.807, 2.05) is 13.8 Å². The standard InChI is InChI=1S/C20H23FN2O4/c1-13(2)19(14-4-6-15(21)7-5-14)23-18(24)12-27-17-10-8-16(9-11-17)22-20(25)26-3/h4-11,13,19H,12H2,1-3H3,(H,22,25)(H,23,24). The van der Waals surface area contributed by atoms with Crippen molar-refractivity contribution in [2.24, 2.45) is 5.92 Å². The van der Waals surface area contributed by atoms with Crippen LogP contribution >= 0.6 is 0 Å². The molecular weight excluding hydrogens is 351 g/mol. The highest BCUT2D eigenvalue weighted by atomic mass is 19.1. The fraction of sp³-hybridized carbons (Fsp3) is 0.300. The van der Waals surface area contributed by atoms with Crippen LogP contribution in [0.15, 0.2) is 48.5 Å². The van der Waals surface area contributed by atoms with E-state index in [-0.39, 0.29) is 30.3 Å². The molecule has 2 amide bonds. The van der Waals surface area contributed by atoms with Gasteiger partial charge in [-0.05, 0) is 47.9 Å². The number of halogens is 1. The lowest BCUT2D eigenvalue weighted by Crippen LogP contribution is -2.35. The smallest absolute Gasteiger partial charge is 0.411 e. The van der Waals surface area contributed by atoms with Crippen molar-refractivity contribution in [2.75, 3.05) is 19.0 Å². The Hall–Kier alpha value is -3.09. The maximum Gasteiger partial charge on any atom is 0.411 e. The summed E-state index contributed by atoms with van der Waals surface area (Å²) in [5, 5.41) is 5.43. The third kappa shape index (κ3) is 6.29. The van der Waals surface area contributed by atoms with Gasteiger partial charge in [0, 0.05) is 5.69 Å². The molecule has 0 saturated carbocycles. The maximum atomic E-state index is 13.1. The molecule has 2 aromatic rings. The Kier molecular flexibility index (Phi) is 7.16. The average molecular weight is 374 g/mol. The highest BCUT2D eigenvalue weighted by Crippen LogP contribution is 2.22. The third-order valence-corrected chi connectivity index (χ3v) is 3.87. The van der Waals surface area contributed by atoms with Crippen LogP contribution in [0.5, 0.6) is 5.75 Å². The summed E-state index contributed by atoms with van der Waals surface area (Å²) < 4.78 is 23.1. The molecule has 1 unspecified atom stereocenters. The van der Waals surface area contributed by atoms with Crippen molar-refractivity contribution in [3.05, 3.63) is 59.9 Å². The average Bonchev–Trinajstić information content (AvgIpc) is 2.66. The SMILES string of the molecule is COC(=O)Nc1ccc(OCC(=O)NC(c2ccc(F)cc2)C(C)C)cc1. The van der Waals surface area contributed by atoms with Gasteiger partial charge in [-0.1, -0.05) is 26.0 Å². The van der Waals surface area contributed by atoms with Crippen LogP contribution in [-0.2, 0) is 9.53 Å². The minimum absolute atomic E-state index is 0.128. The number of hydrogen-bond acceptors (Lipinski definition) is 4. The lowest BCUT2D eigenvalue weighted by Gasteiger charge is -2.23. The van der Waals surface area contributed by atoms with Gasteiger partial charge in [-0.25, -0.2) is 9.18 Å². The molecule has 0 aliphatic carbocycles.